The lowest BCUT2D eigenvalue weighted by atomic mass is 10.0. The van der Waals surface area contributed by atoms with Gasteiger partial charge in [0.25, 0.3) is 0 Å². The molecule has 9 heteroatoms. The summed E-state index contributed by atoms with van der Waals surface area (Å²) in [5.74, 6) is 1.08. The van der Waals surface area contributed by atoms with E-state index >= 15 is 0 Å². The molecule has 2 aromatic carbocycles. The first-order valence-electron chi connectivity index (χ1n) is 11.1. The first-order chi connectivity index (χ1) is 16.8. The summed E-state index contributed by atoms with van der Waals surface area (Å²) in [5.41, 5.74) is 6.27. The van der Waals surface area contributed by atoms with Crippen LogP contribution in [-0.2, 0) is 7.05 Å². The number of nitrogens with zero attached hydrogens (tertiary/aromatic N) is 2. The number of aromatic amines is 1. The van der Waals surface area contributed by atoms with Gasteiger partial charge in [0.1, 0.15) is 11.5 Å². The van der Waals surface area contributed by atoms with Crippen LogP contribution in [0.2, 0.25) is 0 Å². The summed E-state index contributed by atoms with van der Waals surface area (Å²) < 4.78 is 13.2. The number of carbonyl (C=O) groups excluding carboxylic acids is 2. The Labute approximate surface area is 201 Å². The third-order valence-corrected chi connectivity index (χ3v) is 6.23. The second-order valence-electron chi connectivity index (χ2n) is 8.35. The Kier molecular flexibility index (Phi) is 5.32. The van der Waals surface area contributed by atoms with Gasteiger partial charge in [-0.25, -0.2) is 4.79 Å². The molecule has 1 aliphatic heterocycles. The maximum atomic E-state index is 13.3. The van der Waals surface area contributed by atoms with Crippen LogP contribution in [0.25, 0.3) is 28.2 Å². The average molecular weight is 472 g/mol. The molecule has 2 amide bonds. The monoisotopic (exact) mass is 471 g/mol. The number of ether oxygens (including phenoxy) is 2. The number of allylic oxidation sites excluding steroid dienone is 1. The van der Waals surface area contributed by atoms with Gasteiger partial charge in [0.15, 0.2) is 5.76 Å². The Hall–Kier alpha value is -4.53. The summed E-state index contributed by atoms with van der Waals surface area (Å²) in [6.07, 6.45) is 1.76. The predicted molar refractivity (Wildman–Crippen MR) is 134 cm³/mol. The molecular weight excluding hydrogens is 446 g/mol. The zero-order chi connectivity index (χ0) is 24.9. The third-order valence-electron chi connectivity index (χ3n) is 6.23. The number of urea groups is 1. The fourth-order valence-electron chi connectivity index (χ4n) is 4.39. The minimum Gasteiger partial charge on any atom is -0.497 e. The summed E-state index contributed by atoms with van der Waals surface area (Å²) in [7, 11) is 5.05. The van der Waals surface area contributed by atoms with Crippen molar-refractivity contribution in [1.29, 1.82) is 0 Å². The molecule has 5 rings (SSSR count). The van der Waals surface area contributed by atoms with Gasteiger partial charge in [0.2, 0.25) is 5.78 Å². The van der Waals surface area contributed by atoms with Crippen molar-refractivity contribution in [1.82, 2.24) is 20.1 Å². The van der Waals surface area contributed by atoms with Crippen molar-refractivity contribution in [3.8, 4) is 22.8 Å². The minimum atomic E-state index is -0.369. The molecule has 4 aromatic rings. The quantitative estimate of drug-likeness (QED) is 0.378. The van der Waals surface area contributed by atoms with Crippen LogP contribution in [0.3, 0.4) is 0 Å². The van der Waals surface area contributed by atoms with E-state index in [0.29, 0.717) is 22.7 Å². The van der Waals surface area contributed by atoms with Crippen molar-refractivity contribution in [2.75, 3.05) is 19.5 Å². The molecule has 0 spiro atoms. The van der Waals surface area contributed by atoms with Crippen LogP contribution in [-0.4, -0.2) is 40.7 Å². The van der Waals surface area contributed by atoms with Crippen molar-refractivity contribution >= 4 is 34.5 Å². The van der Waals surface area contributed by atoms with E-state index < -0.39 is 0 Å². The lowest BCUT2D eigenvalue weighted by Crippen LogP contribution is -2.24. The highest BCUT2D eigenvalue weighted by Crippen LogP contribution is 2.39. The number of ketones is 1. The standard InChI is InChI=1S/C26H25N5O4/c1-13-23(14(2)31(4)30-13)24-18(17-11-16(34-5)7-8-20(17)29-24)12-22-25(32)19-10-15(28-26(33)27-3)6-9-21(19)35-22/h6-12,29H,1-5H3,(H2,27,28,33). The first kappa shape index (κ1) is 22.3. The molecule has 3 N–H and O–H groups in total. The predicted octanol–water partition coefficient (Wildman–Crippen LogP) is 4.56. The summed E-state index contributed by atoms with van der Waals surface area (Å²) in [5, 5.41) is 10.6. The van der Waals surface area contributed by atoms with E-state index in [4.69, 9.17) is 9.47 Å². The zero-order valence-corrected chi connectivity index (χ0v) is 20.1. The van der Waals surface area contributed by atoms with E-state index in [1.54, 1.807) is 31.4 Å². The number of amides is 2. The van der Waals surface area contributed by atoms with Gasteiger partial charge in [0, 0.05) is 47.5 Å². The van der Waals surface area contributed by atoms with E-state index in [2.05, 4.69) is 20.7 Å². The number of H-pyrrole nitrogens is 1. The van der Waals surface area contributed by atoms with Crippen LogP contribution in [0.4, 0.5) is 10.5 Å². The highest BCUT2D eigenvalue weighted by atomic mass is 16.5. The molecule has 0 bridgehead atoms. The Morgan fingerprint density at radius 1 is 1.20 bits per heavy atom. The maximum absolute atomic E-state index is 13.3. The van der Waals surface area contributed by atoms with E-state index in [1.165, 1.54) is 7.05 Å². The molecule has 178 valence electrons. The highest BCUT2D eigenvalue weighted by Gasteiger charge is 2.29. The zero-order valence-electron chi connectivity index (χ0n) is 20.1. The molecular formula is C26H25N5O4. The number of anilines is 1. The average Bonchev–Trinajstić information content (AvgIpc) is 3.44. The number of Topliss-reactive ketones (excluding diaryl/α,β-unsaturated/α-hetero) is 1. The number of hydrogen-bond donors (Lipinski definition) is 3. The second kappa shape index (κ2) is 8.35. The normalized spacial score (nSPS) is 13.7. The van der Waals surface area contributed by atoms with Crippen molar-refractivity contribution in [2.45, 2.75) is 13.8 Å². The number of hydrogen-bond acceptors (Lipinski definition) is 5. The molecule has 0 unspecified atom stereocenters. The van der Waals surface area contributed by atoms with Crippen LogP contribution in [0.15, 0.2) is 42.2 Å². The van der Waals surface area contributed by atoms with Gasteiger partial charge in [-0.3, -0.25) is 9.48 Å². The molecule has 35 heavy (non-hydrogen) atoms. The van der Waals surface area contributed by atoms with Gasteiger partial charge in [0.05, 0.1) is 24.1 Å². The summed E-state index contributed by atoms with van der Waals surface area (Å²) in [6, 6.07) is 10.4. The lowest BCUT2D eigenvalue weighted by Gasteiger charge is -2.05. The molecule has 0 radical (unpaired) electrons. The number of fused-ring (bicyclic) bond motifs is 2. The SMILES string of the molecule is CNC(=O)Nc1ccc2c(c1)C(=O)C(=Cc1c(-c3c(C)nn(C)c3C)[nH]c3ccc(OC)cc13)O2. The van der Waals surface area contributed by atoms with Gasteiger partial charge in [-0.15, -0.1) is 0 Å². The van der Waals surface area contributed by atoms with Crippen LogP contribution >= 0.6 is 0 Å². The number of methoxy groups -OCH3 is 1. The fourth-order valence-corrected chi connectivity index (χ4v) is 4.39. The van der Waals surface area contributed by atoms with Gasteiger partial charge < -0.3 is 25.1 Å². The van der Waals surface area contributed by atoms with E-state index in [-0.39, 0.29) is 17.6 Å². The van der Waals surface area contributed by atoms with Crippen molar-refractivity contribution < 1.29 is 19.1 Å². The van der Waals surface area contributed by atoms with Crippen molar-refractivity contribution in [3.05, 3.63) is 64.7 Å². The van der Waals surface area contributed by atoms with E-state index in [1.807, 2.05) is 43.8 Å². The van der Waals surface area contributed by atoms with E-state index in [0.717, 1.165) is 39.1 Å². The molecule has 2 aromatic heterocycles. The second-order valence-corrected chi connectivity index (χ2v) is 8.35. The van der Waals surface area contributed by atoms with Gasteiger partial charge in [-0.05, 0) is 56.3 Å². The Morgan fingerprint density at radius 2 is 2.00 bits per heavy atom. The molecule has 3 heterocycles. The Bertz CT molecular complexity index is 1540. The molecule has 0 saturated heterocycles. The first-order valence-corrected chi connectivity index (χ1v) is 11.1. The molecule has 9 nitrogen and oxygen atoms in total. The van der Waals surface area contributed by atoms with Gasteiger partial charge in [-0.2, -0.15) is 5.10 Å². The topological polar surface area (TPSA) is 110 Å². The van der Waals surface area contributed by atoms with Crippen LogP contribution < -0.4 is 20.1 Å². The summed E-state index contributed by atoms with van der Waals surface area (Å²) >= 11 is 0. The van der Waals surface area contributed by atoms with Crippen LogP contribution in [0, 0.1) is 13.8 Å². The molecule has 1 aliphatic rings. The van der Waals surface area contributed by atoms with Crippen LogP contribution in [0.5, 0.6) is 11.5 Å². The number of carbonyl (C=O) groups is 2. The molecule has 0 aliphatic carbocycles. The number of aromatic nitrogens is 3. The summed E-state index contributed by atoms with van der Waals surface area (Å²) in [4.78, 5) is 28.5. The van der Waals surface area contributed by atoms with Gasteiger partial charge in [-0.1, -0.05) is 0 Å². The third kappa shape index (κ3) is 3.71. The molecule has 0 fully saturated rings. The van der Waals surface area contributed by atoms with E-state index in [9.17, 15) is 9.59 Å². The van der Waals surface area contributed by atoms with Crippen molar-refractivity contribution in [2.24, 2.45) is 7.05 Å². The highest BCUT2D eigenvalue weighted by molar-refractivity contribution is 6.16. The fraction of sp³-hybridized carbons (Fsp3) is 0.192. The maximum Gasteiger partial charge on any atom is 0.318 e. The Morgan fingerprint density at radius 3 is 2.69 bits per heavy atom. The number of rotatable bonds is 4. The smallest absolute Gasteiger partial charge is 0.318 e. The van der Waals surface area contributed by atoms with Crippen molar-refractivity contribution in [3.63, 3.8) is 0 Å². The lowest BCUT2D eigenvalue weighted by molar-refractivity contribution is 0.101. The minimum absolute atomic E-state index is 0.196. The number of aryl methyl sites for hydroxylation is 2. The van der Waals surface area contributed by atoms with Gasteiger partial charge >= 0.3 is 6.03 Å². The van der Waals surface area contributed by atoms with Crippen LogP contribution in [0.1, 0.15) is 27.3 Å². The number of benzene rings is 2. The number of nitrogens with one attached hydrogen (secondary N) is 3. The summed E-state index contributed by atoms with van der Waals surface area (Å²) in [6.45, 7) is 3.96. The molecule has 0 atom stereocenters. The Balaban J connectivity index is 1.65. The largest absolute Gasteiger partial charge is 0.497 e. The molecule has 0 saturated carbocycles.